The zero-order valence-electron chi connectivity index (χ0n) is 13.4. The van der Waals surface area contributed by atoms with Crippen molar-refractivity contribution in [2.45, 2.75) is 13.5 Å². The van der Waals surface area contributed by atoms with Crippen LogP contribution >= 0.6 is 0 Å². The first-order valence-corrected chi connectivity index (χ1v) is 7.18. The monoisotopic (exact) mass is 317 g/mol. The number of aromatic nitrogens is 2. The summed E-state index contributed by atoms with van der Waals surface area (Å²) in [6, 6.07) is 9.53. The summed E-state index contributed by atoms with van der Waals surface area (Å²) in [5, 5.41) is 3.82. The van der Waals surface area contributed by atoms with Crippen molar-refractivity contribution in [1.29, 1.82) is 0 Å². The quantitative estimate of drug-likeness (QED) is 0.589. The molecular formula is C16H19N3O4. The Kier molecular flexibility index (Phi) is 5.35. The van der Waals surface area contributed by atoms with Gasteiger partial charge in [0.1, 0.15) is 12.2 Å². The fourth-order valence-corrected chi connectivity index (χ4v) is 2.05. The van der Waals surface area contributed by atoms with E-state index in [9.17, 15) is 9.59 Å². The molecule has 0 atom stereocenters. The summed E-state index contributed by atoms with van der Waals surface area (Å²) in [7, 11) is 2.94. The van der Waals surface area contributed by atoms with Gasteiger partial charge in [-0.1, -0.05) is 35.5 Å². The summed E-state index contributed by atoms with van der Waals surface area (Å²) in [4.78, 5) is 29.3. The van der Waals surface area contributed by atoms with Gasteiger partial charge in [0.15, 0.2) is 0 Å². The molecule has 7 nitrogen and oxygen atoms in total. The third-order valence-electron chi connectivity index (χ3n) is 3.26. The first kappa shape index (κ1) is 16.5. The highest BCUT2D eigenvalue weighted by atomic mass is 16.6. The van der Waals surface area contributed by atoms with Crippen LogP contribution in [0.15, 0.2) is 45.1 Å². The van der Waals surface area contributed by atoms with E-state index in [0.29, 0.717) is 6.61 Å². The number of benzene rings is 1. The second kappa shape index (κ2) is 7.44. The van der Waals surface area contributed by atoms with Crippen LogP contribution < -0.4 is 16.0 Å². The van der Waals surface area contributed by atoms with E-state index in [-0.39, 0.29) is 18.1 Å². The lowest BCUT2D eigenvalue weighted by Crippen LogP contribution is -2.39. The molecule has 0 radical (unpaired) electrons. The van der Waals surface area contributed by atoms with Crippen molar-refractivity contribution in [3.63, 3.8) is 0 Å². The topological polar surface area (TPSA) is 74.8 Å². The zero-order valence-corrected chi connectivity index (χ0v) is 13.4. The minimum absolute atomic E-state index is 0.171. The third-order valence-corrected chi connectivity index (χ3v) is 3.26. The van der Waals surface area contributed by atoms with Gasteiger partial charge < -0.3 is 9.57 Å². The SMILES string of the molecule is CCOc1c(C=NOCc2ccccc2)c(=O)n(C)c(=O)n1C. The Morgan fingerprint density at radius 1 is 1.13 bits per heavy atom. The molecule has 122 valence electrons. The number of nitrogens with zero attached hydrogens (tertiary/aromatic N) is 3. The van der Waals surface area contributed by atoms with Crippen molar-refractivity contribution >= 4 is 6.21 Å². The van der Waals surface area contributed by atoms with Crippen LogP contribution in [0.4, 0.5) is 0 Å². The van der Waals surface area contributed by atoms with E-state index in [4.69, 9.17) is 9.57 Å². The Balaban J connectivity index is 2.26. The minimum Gasteiger partial charge on any atom is -0.478 e. The maximum Gasteiger partial charge on any atom is 0.333 e. The molecule has 0 saturated carbocycles. The van der Waals surface area contributed by atoms with E-state index in [1.54, 1.807) is 6.92 Å². The molecule has 0 aliphatic heterocycles. The van der Waals surface area contributed by atoms with E-state index in [2.05, 4.69) is 5.16 Å². The molecule has 0 bridgehead atoms. The molecule has 0 amide bonds. The predicted octanol–water partition coefficient (Wildman–Crippen LogP) is 1.03. The van der Waals surface area contributed by atoms with Gasteiger partial charge in [-0.2, -0.15) is 0 Å². The van der Waals surface area contributed by atoms with E-state index in [1.807, 2.05) is 30.3 Å². The molecule has 23 heavy (non-hydrogen) atoms. The standard InChI is InChI=1S/C16H19N3O4/c1-4-22-15-13(14(20)18(2)16(21)19(15)3)10-17-23-11-12-8-6-5-7-9-12/h5-10H,4,11H2,1-3H3. The van der Waals surface area contributed by atoms with Crippen LogP contribution in [0.1, 0.15) is 18.1 Å². The van der Waals surface area contributed by atoms with Crippen molar-refractivity contribution in [1.82, 2.24) is 9.13 Å². The summed E-state index contributed by atoms with van der Waals surface area (Å²) in [5.41, 5.74) is 0.192. The van der Waals surface area contributed by atoms with Crippen LogP contribution in [0.5, 0.6) is 5.88 Å². The average Bonchev–Trinajstić information content (AvgIpc) is 2.57. The maximum absolute atomic E-state index is 12.2. The van der Waals surface area contributed by atoms with Crippen LogP contribution in [0, 0.1) is 0 Å². The van der Waals surface area contributed by atoms with Gasteiger partial charge >= 0.3 is 5.69 Å². The first-order valence-electron chi connectivity index (χ1n) is 7.18. The average molecular weight is 317 g/mol. The van der Waals surface area contributed by atoms with Gasteiger partial charge in [-0.25, -0.2) is 4.79 Å². The second-order valence-corrected chi connectivity index (χ2v) is 4.85. The van der Waals surface area contributed by atoms with Gasteiger partial charge in [-0.15, -0.1) is 0 Å². The van der Waals surface area contributed by atoms with Crippen LogP contribution in [0.3, 0.4) is 0 Å². The van der Waals surface area contributed by atoms with Crippen molar-refractivity contribution in [3.05, 3.63) is 62.3 Å². The molecule has 0 N–H and O–H groups in total. The Hall–Kier alpha value is -2.83. The van der Waals surface area contributed by atoms with Crippen LogP contribution in [-0.2, 0) is 25.5 Å². The summed E-state index contributed by atoms with van der Waals surface area (Å²) in [6.07, 6.45) is 1.27. The van der Waals surface area contributed by atoms with Gasteiger partial charge in [0.05, 0.1) is 12.8 Å². The highest BCUT2D eigenvalue weighted by Gasteiger charge is 2.15. The highest BCUT2D eigenvalue weighted by molar-refractivity contribution is 5.81. The van der Waals surface area contributed by atoms with Crippen molar-refractivity contribution < 1.29 is 9.57 Å². The molecule has 1 aromatic carbocycles. The Labute approximate surface area is 133 Å². The van der Waals surface area contributed by atoms with E-state index in [0.717, 1.165) is 10.1 Å². The van der Waals surface area contributed by atoms with Gasteiger partial charge in [0.25, 0.3) is 5.56 Å². The minimum atomic E-state index is -0.483. The number of oxime groups is 1. The highest BCUT2D eigenvalue weighted by Crippen LogP contribution is 2.09. The lowest BCUT2D eigenvalue weighted by Gasteiger charge is -2.12. The van der Waals surface area contributed by atoms with Crippen LogP contribution in [-0.4, -0.2) is 22.0 Å². The fraction of sp³-hybridized carbons (Fsp3) is 0.312. The maximum atomic E-state index is 12.2. The van der Waals surface area contributed by atoms with Gasteiger partial charge in [0, 0.05) is 14.1 Å². The summed E-state index contributed by atoms with van der Waals surface area (Å²) >= 11 is 0. The van der Waals surface area contributed by atoms with Crippen molar-refractivity contribution in [2.24, 2.45) is 19.3 Å². The molecule has 0 spiro atoms. The van der Waals surface area contributed by atoms with Crippen molar-refractivity contribution in [3.8, 4) is 5.88 Å². The van der Waals surface area contributed by atoms with Crippen molar-refractivity contribution in [2.75, 3.05) is 6.61 Å². The second-order valence-electron chi connectivity index (χ2n) is 4.85. The molecule has 0 fully saturated rings. The van der Waals surface area contributed by atoms with E-state index in [1.165, 1.54) is 24.9 Å². The lowest BCUT2D eigenvalue weighted by molar-refractivity contribution is 0.132. The summed E-state index contributed by atoms with van der Waals surface area (Å²) < 4.78 is 7.67. The number of rotatable bonds is 6. The predicted molar refractivity (Wildman–Crippen MR) is 86.9 cm³/mol. The molecule has 0 aliphatic rings. The molecular weight excluding hydrogens is 298 g/mol. The molecule has 2 aromatic rings. The van der Waals surface area contributed by atoms with Gasteiger partial charge in [0.2, 0.25) is 5.88 Å². The molecule has 2 rings (SSSR count). The largest absolute Gasteiger partial charge is 0.478 e. The zero-order chi connectivity index (χ0) is 16.8. The Morgan fingerprint density at radius 3 is 2.48 bits per heavy atom. The summed E-state index contributed by atoms with van der Waals surface area (Å²) in [5.74, 6) is 0.174. The van der Waals surface area contributed by atoms with Gasteiger partial charge in [-0.3, -0.25) is 13.9 Å². The van der Waals surface area contributed by atoms with Crippen LogP contribution in [0.25, 0.3) is 0 Å². The smallest absolute Gasteiger partial charge is 0.333 e. The molecule has 1 heterocycles. The van der Waals surface area contributed by atoms with Crippen LogP contribution in [0.2, 0.25) is 0 Å². The Morgan fingerprint density at radius 2 is 1.83 bits per heavy atom. The summed E-state index contributed by atoms with van der Waals surface area (Å²) in [6.45, 7) is 2.38. The number of hydrogen-bond acceptors (Lipinski definition) is 5. The number of hydrogen-bond donors (Lipinski definition) is 0. The fourth-order valence-electron chi connectivity index (χ4n) is 2.05. The molecule has 0 aliphatic carbocycles. The normalized spacial score (nSPS) is 10.9. The number of ether oxygens (including phenoxy) is 1. The van der Waals surface area contributed by atoms with E-state index < -0.39 is 11.2 Å². The lowest BCUT2D eigenvalue weighted by atomic mass is 10.2. The molecule has 7 heteroatoms. The van der Waals surface area contributed by atoms with E-state index >= 15 is 0 Å². The van der Waals surface area contributed by atoms with Gasteiger partial charge in [-0.05, 0) is 12.5 Å². The molecule has 0 unspecified atom stereocenters. The Bertz CT molecular complexity index is 807. The first-order chi connectivity index (χ1) is 11.1. The molecule has 0 saturated heterocycles. The third kappa shape index (κ3) is 3.68. The molecule has 1 aromatic heterocycles.